The van der Waals surface area contributed by atoms with Crippen LogP contribution in [0.1, 0.15) is 95.5 Å². The molecule has 500 valence electrons. The number of carbonyl (C=O) groups is 7. The monoisotopic (exact) mass is 1350 g/mol. The zero-order chi connectivity index (χ0) is 68.7. The molecule has 0 aromatic heterocycles. The molecule has 16 N–H and O–H groups in total. The van der Waals surface area contributed by atoms with Gasteiger partial charge in [-0.1, -0.05) is 47.5 Å². The van der Waals surface area contributed by atoms with Crippen molar-refractivity contribution < 1.29 is 88.6 Å². The number of amides is 7. The fourth-order valence-electron chi connectivity index (χ4n) is 11.6. The number of hydrogen-bond donors (Lipinski definition) is 16. The molecule has 27 nitrogen and oxygen atoms in total. The molecule has 29 heteroatoms. The summed E-state index contributed by atoms with van der Waals surface area (Å²) in [5.41, 5.74) is -1.37. The van der Waals surface area contributed by atoms with E-state index < -0.39 is 148 Å². The van der Waals surface area contributed by atoms with Gasteiger partial charge in [0.25, 0.3) is 0 Å². The van der Waals surface area contributed by atoms with Crippen LogP contribution in [-0.2, 0) is 40.0 Å². The molecule has 2 unspecified atom stereocenters. The van der Waals surface area contributed by atoms with Gasteiger partial charge in [-0.3, -0.25) is 38.9 Å². The molecule has 10 atom stereocenters. The molecule has 0 fully saturated rings. The predicted molar refractivity (Wildman–Crippen MR) is 344 cm³/mol. The van der Waals surface area contributed by atoms with Crippen molar-refractivity contribution in [1.29, 1.82) is 0 Å². The Morgan fingerprint density at radius 3 is 1.84 bits per heavy atom. The molecule has 0 spiro atoms. The molecule has 96 heavy (non-hydrogen) atoms. The van der Waals surface area contributed by atoms with Crippen molar-refractivity contribution in [2.45, 2.75) is 87.2 Å². The van der Waals surface area contributed by atoms with Crippen molar-refractivity contribution in [1.82, 2.24) is 47.4 Å². The quantitative estimate of drug-likeness (QED) is 0.0850. The van der Waals surface area contributed by atoms with E-state index in [4.69, 9.17) is 37.4 Å². The van der Waals surface area contributed by atoms with Gasteiger partial charge in [0.2, 0.25) is 47.1 Å². The smallest absolute Gasteiger partial charge is 0.249 e. The number of aliphatic hydroxyl groups is 2. The molecule has 13 rings (SSSR count). The van der Waals surface area contributed by atoms with Crippen LogP contribution in [0.3, 0.4) is 0 Å². The number of benzene rings is 7. The van der Waals surface area contributed by atoms with Gasteiger partial charge in [0.1, 0.15) is 88.6 Å². The average molecular weight is 1360 g/mol. The van der Waals surface area contributed by atoms with E-state index in [1.807, 2.05) is 0 Å². The number of halogens is 2. The summed E-state index contributed by atoms with van der Waals surface area (Å²) in [7, 11) is 3.14. The first-order valence-corrected chi connectivity index (χ1v) is 30.9. The van der Waals surface area contributed by atoms with Gasteiger partial charge in [0, 0.05) is 49.3 Å². The third kappa shape index (κ3) is 13.8. The van der Waals surface area contributed by atoms with E-state index in [9.17, 15) is 50.4 Å². The first-order chi connectivity index (χ1) is 45.7. The molecule has 7 aromatic carbocycles. The molecular weight excluding hydrogens is 1290 g/mol. The number of hydrogen-bond acceptors (Lipinski definition) is 20. The molecule has 17 bridgehead atoms. The third-order valence-electron chi connectivity index (χ3n) is 16.8. The molecule has 6 heterocycles. The largest absolute Gasteiger partial charge is 0.508 e. The van der Waals surface area contributed by atoms with Gasteiger partial charge < -0.3 is 97.2 Å². The van der Waals surface area contributed by atoms with Gasteiger partial charge in [0.15, 0.2) is 23.0 Å². The lowest BCUT2D eigenvalue weighted by molar-refractivity contribution is -0.139. The Balaban J connectivity index is 1.12. The highest BCUT2D eigenvalue weighted by Gasteiger charge is 2.42. The van der Waals surface area contributed by atoms with Crippen LogP contribution in [0.15, 0.2) is 115 Å². The van der Waals surface area contributed by atoms with Crippen molar-refractivity contribution in [3.8, 4) is 80.1 Å². The summed E-state index contributed by atoms with van der Waals surface area (Å²) < 4.78 is 18.7. The Hall–Kier alpha value is -10.6. The zero-order valence-electron chi connectivity index (χ0n) is 51.4. The summed E-state index contributed by atoms with van der Waals surface area (Å²) >= 11 is 13.9. The van der Waals surface area contributed by atoms with Gasteiger partial charge in [-0.05, 0) is 152 Å². The third-order valence-corrected chi connectivity index (χ3v) is 17.4. The minimum atomic E-state index is -2.17. The van der Waals surface area contributed by atoms with Gasteiger partial charge in [0.05, 0.1) is 16.1 Å². The van der Waals surface area contributed by atoms with Gasteiger partial charge >= 0.3 is 0 Å². The Kier molecular flexibility index (Phi) is 19.1. The maximum atomic E-state index is 16.0. The number of likely N-dealkylation sites (N-methyl/N-ethyl adjacent to an activating group) is 1. The van der Waals surface area contributed by atoms with E-state index in [2.05, 4.69) is 42.5 Å². The van der Waals surface area contributed by atoms with Gasteiger partial charge in [-0.25, -0.2) is 0 Å². The topological polar surface area (TPSA) is 409 Å². The summed E-state index contributed by atoms with van der Waals surface area (Å²) in [4.78, 5) is 109. The number of carbonyl (C=O) groups excluding carboxylic acids is 7. The molecule has 0 aliphatic carbocycles. The van der Waals surface area contributed by atoms with Gasteiger partial charge in [-0.2, -0.15) is 0 Å². The number of fused-ring (bicyclic) bond motifs is 14. The summed E-state index contributed by atoms with van der Waals surface area (Å²) in [6, 6.07) is 8.87. The van der Waals surface area contributed by atoms with Gasteiger partial charge in [-0.15, -0.1) is 0 Å². The van der Waals surface area contributed by atoms with Crippen molar-refractivity contribution in [2.24, 2.45) is 0 Å². The fraction of sp³-hybridized carbons (Fsp3) is 0.269. The first kappa shape index (κ1) is 66.9. The summed E-state index contributed by atoms with van der Waals surface area (Å²) in [5, 5.41) is 114. The second-order valence-electron chi connectivity index (χ2n) is 23.6. The minimum Gasteiger partial charge on any atom is -0.508 e. The Morgan fingerprint density at radius 1 is 0.583 bits per heavy atom. The van der Waals surface area contributed by atoms with Crippen LogP contribution in [0.2, 0.25) is 10.0 Å². The molecular formula is C67H65Cl2N9O18. The predicted octanol–water partition coefficient (Wildman–Crippen LogP) is 5.37. The zero-order valence-corrected chi connectivity index (χ0v) is 52.9. The van der Waals surface area contributed by atoms with Crippen molar-refractivity contribution in [2.75, 3.05) is 27.2 Å². The first-order valence-electron chi connectivity index (χ1n) is 30.1. The molecule has 7 amide bonds. The molecule has 6 aliphatic rings. The second-order valence-corrected chi connectivity index (χ2v) is 24.4. The summed E-state index contributed by atoms with van der Waals surface area (Å²) in [6.45, 7) is 3.65. The highest BCUT2D eigenvalue weighted by Crippen LogP contribution is 2.48. The van der Waals surface area contributed by atoms with Crippen LogP contribution >= 0.6 is 23.2 Å². The number of aromatic hydroxyl groups is 6. The number of aliphatic hydroxyl groups excluding tert-OH is 2. The van der Waals surface area contributed by atoms with Crippen molar-refractivity contribution in [3.63, 3.8) is 0 Å². The van der Waals surface area contributed by atoms with Crippen molar-refractivity contribution >= 4 is 64.6 Å². The van der Waals surface area contributed by atoms with Crippen LogP contribution in [0.5, 0.6) is 69.0 Å². The average Bonchev–Trinajstić information content (AvgIpc) is 0.770. The number of ether oxygens (including phenoxy) is 3. The normalized spacial score (nSPS) is 21.5. The highest BCUT2D eigenvalue weighted by atomic mass is 35.5. The molecule has 7 aromatic rings. The SMILES string of the molecule is CNCCCN(C)C(=O)[C@H]1NC(=O)[C@H]2NC(=O)[C@H](NC(=O)[C@@H]3NC(=O)[C@H]4NC(=O)[C@@H](Cc5ccc(c(Cl)c5)Oc5cc3cc(c5O)Oc3ccc(cc3Cl)[C@H]2O)NC(=O)[C@@H](NC(C)C(C)O)c2ccc(O)c(c2)Oc2cc(O)cc4c2)c2ccc(O)c(c2)-c2c(O)cc(O)cc21. The fourth-order valence-corrected chi connectivity index (χ4v) is 12.1. The van der Waals surface area contributed by atoms with Crippen LogP contribution in [-0.4, -0.2) is 139 Å². The van der Waals surface area contributed by atoms with E-state index in [0.717, 1.165) is 48.5 Å². The Labute approximate surface area is 556 Å². The van der Waals surface area contributed by atoms with E-state index in [-0.39, 0.29) is 90.5 Å². The molecule has 0 radical (unpaired) electrons. The standard InChI is InChI=1S/C67H65Cl2N9O18/c1-28(29(2)79)71-53-32-8-11-45(83)49(22-32)94-38-19-34(18-36(80)25-38)55-64(90)75-56-35-23-50(95-47-12-6-30(16-41(47)68)17-43(61(87)73-55)72-62(53)88)60(86)51(24-35)96-48-13-9-33(21-42(48)69)59(85)58-66(92)76-57(67(93)78(4)15-5-14-70-3)40-26-37(81)27-46(84)52(40)39-20-31(7-10-44(39)82)54(63(89)77-58)74-65(56)91/h6-13,16,18-29,43,53-59,70-71,79-86H,5,14-15,17H2,1-4H3,(H,72,88)(H,73,87)(H,74,91)(H,75,90)(H,76,92)(H,77,89)/t28?,29?,43-,53+,54-,55+,56-,57+,58+,59-/m1/s1. The maximum absolute atomic E-state index is 16.0. The number of phenols is 6. The number of phenolic OH excluding ortho intramolecular Hbond substituents is 6. The number of nitrogens with one attached hydrogen (secondary N) is 8. The lowest BCUT2D eigenvalue weighted by Crippen LogP contribution is -2.56. The number of rotatable bonds is 8. The lowest BCUT2D eigenvalue weighted by Gasteiger charge is -2.32. The molecule has 6 aliphatic heterocycles. The van der Waals surface area contributed by atoms with E-state index >= 15 is 24.0 Å². The van der Waals surface area contributed by atoms with Crippen LogP contribution in [0.4, 0.5) is 0 Å². The lowest BCUT2D eigenvalue weighted by atomic mass is 9.89. The van der Waals surface area contributed by atoms with Crippen LogP contribution < -0.4 is 56.7 Å². The maximum Gasteiger partial charge on any atom is 0.249 e. The van der Waals surface area contributed by atoms with Crippen LogP contribution in [0.25, 0.3) is 11.1 Å². The minimum absolute atomic E-state index is 0.108. The highest BCUT2D eigenvalue weighted by molar-refractivity contribution is 6.32. The van der Waals surface area contributed by atoms with E-state index in [1.165, 1.54) is 85.6 Å². The Morgan fingerprint density at radius 2 is 1.18 bits per heavy atom. The number of nitrogens with zero attached hydrogens (tertiary/aromatic N) is 1. The van der Waals surface area contributed by atoms with Crippen molar-refractivity contribution in [3.05, 3.63) is 164 Å². The van der Waals surface area contributed by atoms with Crippen LogP contribution in [0, 0.1) is 0 Å². The second kappa shape index (κ2) is 27.4. The van der Waals surface area contributed by atoms with E-state index in [1.54, 1.807) is 14.0 Å². The Bertz CT molecular complexity index is 4310. The molecule has 0 saturated carbocycles. The summed E-state index contributed by atoms with van der Waals surface area (Å²) in [6.07, 6.45) is -3.06. The van der Waals surface area contributed by atoms with E-state index in [0.29, 0.717) is 18.5 Å². The summed E-state index contributed by atoms with van der Waals surface area (Å²) in [5.74, 6) is -13.3. The molecule has 0 saturated heterocycles.